The molecule has 1 atom stereocenters. The van der Waals surface area contributed by atoms with Crippen molar-refractivity contribution in [2.45, 2.75) is 38.8 Å². The van der Waals surface area contributed by atoms with Crippen molar-refractivity contribution in [1.82, 2.24) is 14.5 Å². The summed E-state index contributed by atoms with van der Waals surface area (Å²) in [5, 5.41) is 4.71. The summed E-state index contributed by atoms with van der Waals surface area (Å²) in [7, 11) is 0. The quantitative estimate of drug-likeness (QED) is 0.831. The highest BCUT2D eigenvalue weighted by molar-refractivity contribution is 7.08. The summed E-state index contributed by atoms with van der Waals surface area (Å²) in [4.78, 5) is 15.6. The van der Waals surface area contributed by atoms with Gasteiger partial charge < -0.3 is 9.64 Å². The number of aryl methyl sites for hydroxylation is 1. The number of morpholine rings is 1. The van der Waals surface area contributed by atoms with E-state index in [0.717, 1.165) is 22.8 Å². The van der Waals surface area contributed by atoms with Crippen LogP contribution in [0.15, 0.2) is 24.3 Å². The molecule has 0 bridgehead atoms. The number of rotatable bonds is 3. The normalized spacial score (nSPS) is 20.2. The van der Waals surface area contributed by atoms with Crippen LogP contribution in [0.2, 0.25) is 5.02 Å². The van der Waals surface area contributed by atoms with Crippen LogP contribution in [0.1, 0.15) is 47.8 Å². The minimum atomic E-state index is -0.399. The molecule has 3 rings (SSSR count). The number of amides is 1. The molecule has 1 aliphatic heterocycles. The molecule has 1 fully saturated rings. The molecule has 1 unspecified atom stereocenters. The fourth-order valence-electron chi connectivity index (χ4n) is 2.86. The summed E-state index contributed by atoms with van der Waals surface area (Å²) in [6, 6.07) is 7.60. The van der Waals surface area contributed by atoms with Crippen LogP contribution in [0, 0.1) is 0 Å². The molecule has 1 aliphatic rings. The molecular weight excluding hydrogens is 346 g/mol. The minimum absolute atomic E-state index is 0.0350. The van der Waals surface area contributed by atoms with Gasteiger partial charge in [0.05, 0.1) is 24.4 Å². The molecule has 0 radical (unpaired) electrons. The fourth-order valence-corrected chi connectivity index (χ4v) is 3.81. The first-order chi connectivity index (χ1) is 11.4. The van der Waals surface area contributed by atoms with Crippen molar-refractivity contribution in [2.24, 2.45) is 0 Å². The van der Waals surface area contributed by atoms with Gasteiger partial charge in [0.1, 0.15) is 11.0 Å². The lowest BCUT2D eigenvalue weighted by atomic mass is 9.97. The first-order valence-electron chi connectivity index (χ1n) is 7.93. The van der Waals surface area contributed by atoms with Crippen LogP contribution in [-0.2, 0) is 11.2 Å². The van der Waals surface area contributed by atoms with Gasteiger partial charge in [0.15, 0.2) is 0 Å². The van der Waals surface area contributed by atoms with Gasteiger partial charge in [0.25, 0.3) is 5.91 Å². The Morgan fingerprint density at radius 3 is 2.92 bits per heavy atom. The van der Waals surface area contributed by atoms with Crippen molar-refractivity contribution >= 4 is 29.0 Å². The Labute approximate surface area is 150 Å². The molecule has 1 aromatic carbocycles. The minimum Gasteiger partial charge on any atom is -0.369 e. The molecule has 5 nitrogen and oxygen atoms in total. The third-order valence-corrected chi connectivity index (χ3v) is 5.40. The van der Waals surface area contributed by atoms with E-state index in [9.17, 15) is 4.79 Å². The smallest absolute Gasteiger partial charge is 0.268 e. The highest BCUT2D eigenvalue weighted by Gasteiger charge is 2.40. The molecule has 7 heteroatoms. The van der Waals surface area contributed by atoms with E-state index in [2.05, 4.69) is 9.59 Å². The number of nitrogens with zero attached hydrogens (tertiary/aromatic N) is 3. The van der Waals surface area contributed by atoms with E-state index in [0.29, 0.717) is 29.5 Å². The second-order valence-corrected chi connectivity index (χ2v) is 7.61. The number of benzene rings is 1. The molecular formula is C17H20ClN3O2S. The molecule has 24 heavy (non-hydrogen) atoms. The number of aromatic nitrogens is 2. The topological polar surface area (TPSA) is 55.3 Å². The van der Waals surface area contributed by atoms with E-state index in [1.807, 2.05) is 49.9 Å². The van der Waals surface area contributed by atoms with Gasteiger partial charge in [-0.15, -0.1) is 5.10 Å². The summed E-state index contributed by atoms with van der Waals surface area (Å²) in [5.74, 6) is -0.0350. The Kier molecular flexibility index (Phi) is 4.90. The van der Waals surface area contributed by atoms with Crippen LogP contribution >= 0.6 is 23.1 Å². The molecule has 0 N–H and O–H groups in total. The zero-order chi connectivity index (χ0) is 17.3. The third kappa shape index (κ3) is 3.18. The molecule has 0 spiro atoms. The average molecular weight is 366 g/mol. The van der Waals surface area contributed by atoms with Crippen LogP contribution in [0.3, 0.4) is 0 Å². The van der Waals surface area contributed by atoms with Gasteiger partial charge in [-0.05, 0) is 37.9 Å². The van der Waals surface area contributed by atoms with Crippen LogP contribution < -0.4 is 0 Å². The van der Waals surface area contributed by atoms with E-state index in [-0.39, 0.29) is 12.0 Å². The van der Waals surface area contributed by atoms with Gasteiger partial charge >= 0.3 is 0 Å². The third-order valence-electron chi connectivity index (χ3n) is 4.30. The zero-order valence-corrected chi connectivity index (χ0v) is 15.5. The average Bonchev–Trinajstić information content (AvgIpc) is 3.03. The number of hydrogen-bond acceptors (Lipinski definition) is 5. The molecule has 2 aromatic rings. The van der Waals surface area contributed by atoms with Crippen LogP contribution in [0.25, 0.3) is 0 Å². The maximum atomic E-state index is 13.1. The Balaban J connectivity index is 1.90. The van der Waals surface area contributed by atoms with Crippen LogP contribution in [0.5, 0.6) is 0 Å². The Hall–Kier alpha value is -1.50. The molecule has 1 amide bonds. The van der Waals surface area contributed by atoms with E-state index < -0.39 is 5.54 Å². The van der Waals surface area contributed by atoms with Crippen molar-refractivity contribution in [3.05, 3.63) is 45.4 Å². The highest BCUT2D eigenvalue weighted by Crippen LogP contribution is 2.34. The molecule has 1 aromatic heterocycles. The number of carbonyl (C=O) groups excluding carboxylic acids is 1. The van der Waals surface area contributed by atoms with E-state index in [1.165, 1.54) is 0 Å². The first kappa shape index (κ1) is 17.3. The predicted octanol–water partition coefficient (Wildman–Crippen LogP) is 3.75. The van der Waals surface area contributed by atoms with Crippen molar-refractivity contribution in [3.8, 4) is 0 Å². The van der Waals surface area contributed by atoms with Gasteiger partial charge in [0.2, 0.25) is 0 Å². The van der Waals surface area contributed by atoms with Crippen molar-refractivity contribution in [3.63, 3.8) is 0 Å². The van der Waals surface area contributed by atoms with Crippen molar-refractivity contribution < 1.29 is 9.53 Å². The summed E-state index contributed by atoms with van der Waals surface area (Å²) in [5.41, 5.74) is 1.26. The monoisotopic (exact) mass is 365 g/mol. The molecule has 1 saturated heterocycles. The van der Waals surface area contributed by atoms with Crippen molar-refractivity contribution in [1.29, 1.82) is 0 Å². The number of hydrogen-bond donors (Lipinski definition) is 0. The van der Waals surface area contributed by atoms with E-state index in [1.54, 1.807) is 0 Å². The Bertz CT molecular complexity index is 747. The number of carbonyl (C=O) groups is 1. The Morgan fingerprint density at radius 2 is 2.21 bits per heavy atom. The zero-order valence-electron chi connectivity index (χ0n) is 14.0. The molecule has 0 aliphatic carbocycles. The van der Waals surface area contributed by atoms with Gasteiger partial charge in [-0.25, -0.2) is 0 Å². The largest absolute Gasteiger partial charge is 0.369 e. The van der Waals surface area contributed by atoms with Gasteiger partial charge in [0, 0.05) is 10.6 Å². The van der Waals surface area contributed by atoms with Crippen LogP contribution in [0.4, 0.5) is 0 Å². The van der Waals surface area contributed by atoms with Gasteiger partial charge in [-0.1, -0.05) is 41.2 Å². The summed E-state index contributed by atoms with van der Waals surface area (Å²) in [6.45, 7) is 6.89. The fraction of sp³-hybridized carbons (Fsp3) is 0.471. The van der Waals surface area contributed by atoms with Crippen LogP contribution in [-0.4, -0.2) is 39.1 Å². The number of halogens is 1. The lowest BCUT2D eigenvalue weighted by molar-refractivity contribution is -0.0845. The van der Waals surface area contributed by atoms with Crippen molar-refractivity contribution in [2.75, 3.05) is 13.2 Å². The summed E-state index contributed by atoms with van der Waals surface area (Å²) >= 11 is 7.46. The standard InChI is InChI=1S/C17H20ClN3O2S/c1-4-13-15(24-20-19-13)16(22)21-9-14(23-10-17(21,2)3)11-7-5-6-8-12(11)18/h5-8,14H,4,9-10H2,1-3H3. The lowest BCUT2D eigenvalue weighted by Gasteiger charge is -2.45. The second-order valence-electron chi connectivity index (χ2n) is 6.45. The molecule has 128 valence electrons. The lowest BCUT2D eigenvalue weighted by Crippen LogP contribution is -2.56. The summed E-state index contributed by atoms with van der Waals surface area (Å²) in [6.07, 6.45) is 0.456. The molecule has 0 saturated carbocycles. The Morgan fingerprint density at radius 1 is 1.46 bits per heavy atom. The first-order valence-corrected chi connectivity index (χ1v) is 9.08. The maximum absolute atomic E-state index is 13.1. The van der Waals surface area contributed by atoms with E-state index >= 15 is 0 Å². The molecule has 2 heterocycles. The maximum Gasteiger partial charge on any atom is 0.268 e. The summed E-state index contributed by atoms with van der Waals surface area (Å²) < 4.78 is 9.95. The van der Waals surface area contributed by atoms with Gasteiger partial charge in [-0.3, -0.25) is 4.79 Å². The van der Waals surface area contributed by atoms with E-state index in [4.69, 9.17) is 16.3 Å². The second kappa shape index (κ2) is 6.78. The number of ether oxygens (including phenoxy) is 1. The predicted molar refractivity (Wildman–Crippen MR) is 94.5 cm³/mol. The SMILES string of the molecule is CCc1nnsc1C(=O)N1CC(c2ccccc2Cl)OCC1(C)C. The van der Waals surface area contributed by atoms with Gasteiger partial charge in [-0.2, -0.15) is 0 Å². The highest BCUT2D eigenvalue weighted by atomic mass is 35.5.